The van der Waals surface area contributed by atoms with E-state index in [9.17, 15) is 8.42 Å². The van der Waals surface area contributed by atoms with E-state index in [0.717, 1.165) is 11.1 Å². The second-order valence-electron chi connectivity index (χ2n) is 5.64. The normalized spacial score (nSPS) is 16.6. The lowest BCUT2D eigenvalue weighted by atomic mass is 10.1. The third-order valence-corrected chi connectivity index (χ3v) is 6.23. The molecule has 2 N–H and O–H groups in total. The fourth-order valence-corrected chi connectivity index (χ4v) is 4.83. The molecule has 0 atom stereocenters. The first-order valence-electron chi connectivity index (χ1n) is 7.21. The van der Waals surface area contributed by atoms with Gasteiger partial charge in [-0.3, -0.25) is 4.72 Å². The van der Waals surface area contributed by atoms with E-state index >= 15 is 0 Å². The minimum Gasteiger partial charge on any atom is -0.358 e. The molecule has 3 heterocycles. The molecule has 0 spiro atoms. The van der Waals surface area contributed by atoms with Crippen molar-refractivity contribution >= 4 is 61.6 Å². The Labute approximate surface area is 158 Å². The molecular formula is C15H11Cl3N4O2S. The molecule has 0 amide bonds. The van der Waals surface area contributed by atoms with Crippen molar-refractivity contribution in [3.8, 4) is 0 Å². The predicted octanol–water partition coefficient (Wildman–Crippen LogP) is 4.20. The number of pyridine rings is 1. The molecule has 130 valence electrons. The molecule has 25 heavy (non-hydrogen) atoms. The van der Waals surface area contributed by atoms with Crippen LogP contribution in [0.2, 0.25) is 15.2 Å². The number of aromatic amines is 1. The molecule has 0 saturated heterocycles. The highest BCUT2D eigenvalue weighted by molar-refractivity contribution is 7.90. The van der Waals surface area contributed by atoms with Crippen LogP contribution in [0, 0.1) is 0 Å². The van der Waals surface area contributed by atoms with Gasteiger partial charge >= 0.3 is 10.2 Å². The van der Waals surface area contributed by atoms with Gasteiger partial charge in [-0.1, -0.05) is 40.9 Å². The van der Waals surface area contributed by atoms with Crippen LogP contribution in [0.25, 0.3) is 10.9 Å². The summed E-state index contributed by atoms with van der Waals surface area (Å²) >= 11 is 18.2. The Bertz CT molecular complexity index is 1080. The number of anilines is 1. The van der Waals surface area contributed by atoms with Crippen LogP contribution in [0.15, 0.2) is 30.6 Å². The first kappa shape index (κ1) is 16.9. The topological polar surface area (TPSA) is 78.1 Å². The number of halogens is 3. The molecule has 4 rings (SSSR count). The summed E-state index contributed by atoms with van der Waals surface area (Å²) in [6, 6.07) is 5.09. The number of rotatable bonds is 2. The molecule has 1 aliphatic heterocycles. The molecule has 0 saturated carbocycles. The Morgan fingerprint density at radius 2 is 2.00 bits per heavy atom. The van der Waals surface area contributed by atoms with E-state index in [2.05, 4.69) is 14.7 Å². The van der Waals surface area contributed by atoms with Gasteiger partial charge in [0.05, 0.1) is 21.2 Å². The van der Waals surface area contributed by atoms with Crippen molar-refractivity contribution in [2.24, 2.45) is 0 Å². The lowest BCUT2D eigenvalue weighted by Gasteiger charge is -2.29. The number of hydrogen-bond acceptors (Lipinski definition) is 3. The summed E-state index contributed by atoms with van der Waals surface area (Å²) in [5.74, 6) is 0. The van der Waals surface area contributed by atoms with Crippen LogP contribution in [0.4, 0.5) is 5.69 Å². The van der Waals surface area contributed by atoms with Gasteiger partial charge in [-0.2, -0.15) is 12.7 Å². The molecule has 0 fully saturated rings. The Morgan fingerprint density at radius 3 is 2.72 bits per heavy atom. The van der Waals surface area contributed by atoms with Crippen molar-refractivity contribution in [2.45, 2.75) is 13.1 Å². The maximum absolute atomic E-state index is 12.6. The zero-order valence-electron chi connectivity index (χ0n) is 12.6. The Hall–Kier alpha value is -1.51. The highest BCUT2D eigenvalue weighted by Gasteiger charge is 2.31. The third-order valence-electron chi connectivity index (χ3n) is 4.01. The predicted molar refractivity (Wildman–Crippen MR) is 99.4 cm³/mol. The highest BCUT2D eigenvalue weighted by atomic mass is 35.5. The average Bonchev–Trinajstić information content (AvgIpc) is 2.94. The van der Waals surface area contributed by atoms with Gasteiger partial charge in [-0.15, -0.1) is 0 Å². The molecule has 0 unspecified atom stereocenters. The summed E-state index contributed by atoms with van der Waals surface area (Å²) in [4.78, 5) is 6.96. The fraction of sp³-hybridized carbons (Fsp3) is 0.133. The van der Waals surface area contributed by atoms with Crippen molar-refractivity contribution < 1.29 is 8.42 Å². The molecule has 3 aromatic rings. The van der Waals surface area contributed by atoms with Gasteiger partial charge in [0.25, 0.3) is 0 Å². The SMILES string of the molecule is O=S1(=O)Nc2c(cc(Cl)c3c(Cl)c[nH]c23)CN1Cc1ccc(Cl)nc1. The van der Waals surface area contributed by atoms with Gasteiger partial charge in [0.2, 0.25) is 0 Å². The van der Waals surface area contributed by atoms with Crippen molar-refractivity contribution in [1.82, 2.24) is 14.3 Å². The minimum absolute atomic E-state index is 0.167. The fourth-order valence-electron chi connectivity index (χ4n) is 2.84. The van der Waals surface area contributed by atoms with E-state index in [1.165, 1.54) is 4.31 Å². The maximum Gasteiger partial charge on any atom is 0.302 e. The Balaban J connectivity index is 1.76. The molecule has 0 aliphatic carbocycles. The molecule has 6 nitrogen and oxygen atoms in total. The van der Waals surface area contributed by atoms with Gasteiger partial charge in [-0.25, -0.2) is 4.98 Å². The van der Waals surface area contributed by atoms with Crippen molar-refractivity contribution in [3.05, 3.63) is 56.9 Å². The molecular weight excluding hydrogens is 407 g/mol. The summed E-state index contributed by atoms with van der Waals surface area (Å²) in [6.07, 6.45) is 3.13. The largest absolute Gasteiger partial charge is 0.358 e. The maximum atomic E-state index is 12.6. The number of nitrogens with zero attached hydrogens (tertiary/aromatic N) is 2. The second-order valence-corrected chi connectivity index (χ2v) is 8.52. The molecule has 10 heteroatoms. The highest BCUT2D eigenvalue weighted by Crippen LogP contribution is 2.40. The van der Waals surface area contributed by atoms with E-state index in [0.29, 0.717) is 31.8 Å². The summed E-state index contributed by atoms with van der Waals surface area (Å²) in [5.41, 5.74) is 2.53. The number of H-pyrrole nitrogens is 1. The lowest BCUT2D eigenvalue weighted by Crippen LogP contribution is -2.39. The molecule has 2 aromatic heterocycles. The second kappa shape index (κ2) is 6.03. The summed E-state index contributed by atoms with van der Waals surface area (Å²) in [6.45, 7) is 0.347. The summed E-state index contributed by atoms with van der Waals surface area (Å²) in [7, 11) is -3.72. The molecule has 1 aromatic carbocycles. The van der Waals surface area contributed by atoms with Gasteiger partial charge < -0.3 is 4.98 Å². The zero-order chi connectivity index (χ0) is 17.8. The third kappa shape index (κ3) is 2.96. The average molecular weight is 418 g/mol. The van der Waals surface area contributed by atoms with Crippen LogP contribution >= 0.6 is 34.8 Å². The van der Waals surface area contributed by atoms with E-state index in [1.807, 2.05) is 0 Å². The number of hydrogen-bond donors (Lipinski definition) is 2. The van der Waals surface area contributed by atoms with Crippen molar-refractivity contribution in [2.75, 3.05) is 4.72 Å². The number of fused-ring (bicyclic) bond motifs is 3. The molecule has 0 radical (unpaired) electrons. The van der Waals surface area contributed by atoms with Gasteiger partial charge in [0.1, 0.15) is 5.15 Å². The molecule has 0 bridgehead atoms. The van der Waals surface area contributed by atoms with Crippen LogP contribution in [-0.4, -0.2) is 22.7 Å². The first-order valence-corrected chi connectivity index (χ1v) is 9.79. The molecule has 1 aliphatic rings. The van der Waals surface area contributed by atoms with Crippen molar-refractivity contribution in [1.29, 1.82) is 0 Å². The number of aromatic nitrogens is 2. The van der Waals surface area contributed by atoms with E-state index in [-0.39, 0.29) is 13.1 Å². The van der Waals surface area contributed by atoms with Gasteiger partial charge in [0, 0.05) is 30.9 Å². The van der Waals surface area contributed by atoms with Crippen LogP contribution < -0.4 is 4.72 Å². The summed E-state index contributed by atoms with van der Waals surface area (Å²) < 4.78 is 29.2. The quantitative estimate of drug-likeness (QED) is 0.614. The number of benzene rings is 1. The van der Waals surface area contributed by atoms with Crippen LogP contribution in [0.5, 0.6) is 0 Å². The smallest absolute Gasteiger partial charge is 0.302 e. The van der Waals surface area contributed by atoms with Crippen LogP contribution in [0.1, 0.15) is 11.1 Å². The Kier molecular flexibility index (Phi) is 4.09. The lowest BCUT2D eigenvalue weighted by molar-refractivity contribution is 0.400. The van der Waals surface area contributed by atoms with Gasteiger partial charge in [0.15, 0.2) is 0 Å². The zero-order valence-corrected chi connectivity index (χ0v) is 15.6. The van der Waals surface area contributed by atoms with E-state index in [4.69, 9.17) is 34.8 Å². The van der Waals surface area contributed by atoms with Crippen molar-refractivity contribution in [3.63, 3.8) is 0 Å². The van der Waals surface area contributed by atoms with E-state index in [1.54, 1.807) is 30.6 Å². The monoisotopic (exact) mass is 416 g/mol. The minimum atomic E-state index is -3.72. The Morgan fingerprint density at radius 1 is 1.20 bits per heavy atom. The van der Waals surface area contributed by atoms with Gasteiger partial charge in [-0.05, 0) is 23.3 Å². The van der Waals surface area contributed by atoms with E-state index < -0.39 is 10.2 Å². The van der Waals surface area contributed by atoms with Crippen LogP contribution in [0.3, 0.4) is 0 Å². The number of nitrogens with one attached hydrogen (secondary N) is 2. The first-order chi connectivity index (χ1) is 11.8. The summed E-state index contributed by atoms with van der Waals surface area (Å²) in [5, 5.41) is 1.86. The van der Waals surface area contributed by atoms with Crippen LogP contribution in [-0.2, 0) is 23.3 Å². The standard InChI is InChI=1S/C15H11Cl3N4O2S/c16-10-3-9-7-22(6-8-1-2-12(18)19-4-8)25(23,24)21-14(9)15-13(10)11(17)5-20-15/h1-5,20-21H,6-7H2.